The maximum atomic E-state index is 12.3. The van der Waals surface area contributed by atoms with Gasteiger partial charge in [-0.05, 0) is 25.0 Å². The second-order valence-electron chi connectivity index (χ2n) is 7.33. The number of benzene rings is 1. The number of ether oxygens (including phenoxy) is 3. The number of anilines is 1. The molecule has 1 aliphatic carbocycles. The van der Waals surface area contributed by atoms with E-state index in [1.807, 2.05) is 0 Å². The van der Waals surface area contributed by atoms with Crippen molar-refractivity contribution >= 4 is 23.3 Å². The lowest BCUT2D eigenvalue weighted by Crippen LogP contribution is -2.32. The van der Waals surface area contributed by atoms with Crippen molar-refractivity contribution in [2.75, 3.05) is 26.1 Å². The molecule has 1 saturated carbocycles. The van der Waals surface area contributed by atoms with E-state index in [1.165, 1.54) is 21.1 Å². The fourth-order valence-electron chi connectivity index (χ4n) is 3.64. The van der Waals surface area contributed by atoms with Crippen LogP contribution in [0.4, 0.5) is 5.69 Å². The second kappa shape index (κ2) is 10.0. The van der Waals surface area contributed by atoms with Gasteiger partial charge in [-0.2, -0.15) is 0 Å². The molecule has 1 fully saturated rings. The summed E-state index contributed by atoms with van der Waals surface area (Å²) < 4.78 is 15.5. The van der Waals surface area contributed by atoms with Gasteiger partial charge in [-0.1, -0.05) is 6.92 Å². The molecule has 0 saturated heterocycles. The monoisotopic (exact) mass is 422 g/mol. The first-order valence-electron chi connectivity index (χ1n) is 9.53. The fourth-order valence-corrected chi connectivity index (χ4v) is 3.64. The topological polar surface area (TPSA) is 134 Å². The van der Waals surface area contributed by atoms with Crippen LogP contribution in [0.2, 0.25) is 0 Å². The Kier molecular flexibility index (Phi) is 7.73. The Morgan fingerprint density at radius 2 is 1.93 bits per heavy atom. The zero-order valence-corrected chi connectivity index (χ0v) is 17.4. The molecule has 0 heterocycles. The molecule has 10 nitrogen and oxygen atoms in total. The summed E-state index contributed by atoms with van der Waals surface area (Å²) in [7, 11) is 2.95. The van der Waals surface area contributed by atoms with Crippen LogP contribution in [0.1, 0.15) is 26.7 Å². The van der Waals surface area contributed by atoms with E-state index in [-0.39, 0.29) is 31.1 Å². The molecule has 1 aromatic carbocycles. The lowest BCUT2D eigenvalue weighted by molar-refractivity contribution is -0.490. The van der Waals surface area contributed by atoms with E-state index in [9.17, 15) is 24.5 Å². The van der Waals surface area contributed by atoms with Gasteiger partial charge < -0.3 is 19.5 Å². The molecule has 1 N–H and O–H groups in total. The number of Topliss-reactive ketones (excluding diaryl/α,β-unsaturated/α-hetero) is 1. The number of hydrogen-bond acceptors (Lipinski definition) is 8. The number of hydrogen-bond donors (Lipinski definition) is 1. The maximum Gasteiger partial charge on any atom is 0.307 e. The largest absolute Gasteiger partial charge is 0.493 e. The van der Waals surface area contributed by atoms with E-state index in [0.29, 0.717) is 17.2 Å². The number of esters is 1. The molecule has 164 valence electrons. The predicted molar refractivity (Wildman–Crippen MR) is 106 cm³/mol. The fraction of sp³-hybridized carbons (Fsp3) is 0.550. The van der Waals surface area contributed by atoms with Crippen LogP contribution in [0.15, 0.2) is 18.2 Å². The molecule has 2 rings (SSSR count). The Balaban J connectivity index is 1.95. The highest BCUT2D eigenvalue weighted by Gasteiger charge is 2.44. The van der Waals surface area contributed by atoms with Crippen LogP contribution in [-0.2, 0) is 19.1 Å². The SMILES string of the molecule is COc1ccc(NC(=O)[C@H](C)OC(=O)C[C@H]2C(=O)C[C@H](C)[C@H]2C[N+](=O)[O-])cc1OC. The summed E-state index contributed by atoms with van der Waals surface area (Å²) in [5.74, 6) is -2.04. The number of rotatable bonds is 9. The first-order chi connectivity index (χ1) is 14.2. The van der Waals surface area contributed by atoms with Crippen LogP contribution in [0.5, 0.6) is 11.5 Å². The Bertz CT molecular complexity index is 825. The Morgan fingerprint density at radius 1 is 1.27 bits per heavy atom. The second-order valence-corrected chi connectivity index (χ2v) is 7.33. The first kappa shape index (κ1) is 23.1. The van der Waals surface area contributed by atoms with Crippen molar-refractivity contribution in [1.29, 1.82) is 0 Å². The summed E-state index contributed by atoms with van der Waals surface area (Å²) in [5.41, 5.74) is 0.423. The molecular formula is C20H26N2O8. The van der Waals surface area contributed by atoms with Gasteiger partial charge in [0.05, 0.1) is 20.6 Å². The van der Waals surface area contributed by atoms with Crippen LogP contribution >= 0.6 is 0 Å². The van der Waals surface area contributed by atoms with Gasteiger partial charge in [-0.3, -0.25) is 24.5 Å². The van der Waals surface area contributed by atoms with E-state index in [2.05, 4.69) is 5.32 Å². The number of nitrogens with one attached hydrogen (secondary N) is 1. The van der Waals surface area contributed by atoms with E-state index in [4.69, 9.17) is 14.2 Å². The Labute approximate surface area is 174 Å². The summed E-state index contributed by atoms with van der Waals surface area (Å²) in [6, 6.07) is 4.79. The molecule has 0 unspecified atom stereocenters. The summed E-state index contributed by atoms with van der Waals surface area (Å²) in [4.78, 5) is 47.2. The Hall–Kier alpha value is -3.17. The van der Waals surface area contributed by atoms with E-state index >= 15 is 0 Å². The first-order valence-corrected chi connectivity index (χ1v) is 9.53. The average Bonchev–Trinajstić information content (AvgIpc) is 2.94. The summed E-state index contributed by atoms with van der Waals surface area (Å²) in [5, 5.41) is 13.5. The van der Waals surface area contributed by atoms with Gasteiger partial charge in [0.15, 0.2) is 17.6 Å². The molecular weight excluding hydrogens is 396 g/mol. The van der Waals surface area contributed by atoms with E-state index in [0.717, 1.165) is 0 Å². The molecule has 1 aromatic rings. The molecule has 30 heavy (non-hydrogen) atoms. The van der Waals surface area contributed by atoms with Gasteiger partial charge >= 0.3 is 5.97 Å². The summed E-state index contributed by atoms with van der Waals surface area (Å²) >= 11 is 0. The smallest absolute Gasteiger partial charge is 0.307 e. The van der Waals surface area contributed by atoms with Crippen LogP contribution in [0, 0.1) is 27.9 Å². The average molecular weight is 422 g/mol. The van der Waals surface area contributed by atoms with Crippen molar-refractivity contribution in [1.82, 2.24) is 0 Å². The van der Waals surface area contributed by atoms with Crippen molar-refractivity contribution in [2.24, 2.45) is 17.8 Å². The van der Waals surface area contributed by atoms with Crippen molar-refractivity contribution in [2.45, 2.75) is 32.8 Å². The highest BCUT2D eigenvalue weighted by molar-refractivity contribution is 5.95. The minimum atomic E-state index is -1.12. The van der Waals surface area contributed by atoms with Gasteiger partial charge in [0.25, 0.3) is 5.91 Å². The normalized spacial score (nSPS) is 21.6. The number of carbonyl (C=O) groups is 3. The molecule has 1 aliphatic rings. The molecule has 4 atom stereocenters. The number of carbonyl (C=O) groups excluding carboxylic acids is 3. The number of methoxy groups -OCH3 is 2. The van der Waals surface area contributed by atoms with Gasteiger partial charge in [-0.25, -0.2) is 0 Å². The number of amides is 1. The maximum absolute atomic E-state index is 12.3. The van der Waals surface area contributed by atoms with Crippen LogP contribution in [-0.4, -0.2) is 49.5 Å². The molecule has 10 heteroatoms. The summed E-state index contributed by atoms with van der Waals surface area (Å²) in [6.07, 6.45) is -1.20. The third kappa shape index (κ3) is 5.68. The van der Waals surface area contributed by atoms with Crippen LogP contribution in [0.25, 0.3) is 0 Å². The number of nitrogens with zero attached hydrogens (tertiary/aromatic N) is 1. The van der Waals surface area contributed by atoms with Gasteiger partial charge in [0.2, 0.25) is 6.54 Å². The van der Waals surface area contributed by atoms with Crippen molar-refractivity contribution in [3.05, 3.63) is 28.3 Å². The third-order valence-corrected chi connectivity index (χ3v) is 5.26. The van der Waals surface area contributed by atoms with E-state index in [1.54, 1.807) is 25.1 Å². The van der Waals surface area contributed by atoms with Crippen molar-refractivity contribution in [3.8, 4) is 11.5 Å². The highest BCUT2D eigenvalue weighted by atomic mass is 16.6. The van der Waals surface area contributed by atoms with Crippen LogP contribution < -0.4 is 14.8 Å². The van der Waals surface area contributed by atoms with Crippen molar-refractivity contribution in [3.63, 3.8) is 0 Å². The molecule has 0 aliphatic heterocycles. The minimum absolute atomic E-state index is 0.175. The van der Waals surface area contributed by atoms with Crippen molar-refractivity contribution < 1.29 is 33.5 Å². The molecule has 0 radical (unpaired) electrons. The molecule has 0 aromatic heterocycles. The van der Waals surface area contributed by atoms with Gasteiger partial charge in [0.1, 0.15) is 5.78 Å². The standard InChI is InChI=1S/C20H26N2O8/c1-11-7-16(23)14(15(11)10-22(26)27)9-19(24)30-12(2)20(25)21-13-5-6-17(28-3)18(8-13)29-4/h5-6,8,11-12,14-15H,7,9-10H2,1-4H3,(H,21,25)/t11-,12-,14+,15+/m0/s1. The zero-order chi connectivity index (χ0) is 22.4. The lowest BCUT2D eigenvalue weighted by Gasteiger charge is -2.19. The highest BCUT2D eigenvalue weighted by Crippen LogP contribution is 2.36. The predicted octanol–water partition coefficient (Wildman–Crippen LogP) is 2.08. The number of ketones is 1. The van der Waals surface area contributed by atoms with Gasteiger partial charge in [0, 0.05) is 34.9 Å². The zero-order valence-electron chi connectivity index (χ0n) is 17.4. The van der Waals surface area contributed by atoms with Gasteiger partial charge in [-0.15, -0.1) is 0 Å². The van der Waals surface area contributed by atoms with Crippen LogP contribution in [0.3, 0.4) is 0 Å². The molecule has 0 spiro atoms. The van der Waals surface area contributed by atoms with E-state index < -0.39 is 34.7 Å². The minimum Gasteiger partial charge on any atom is -0.493 e. The molecule has 0 bridgehead atoms. The quantitative estimate of drug-likeness (QED) is 0.363. The molecule has 1 amide bonds. The number of nitro groups is 1. The lowest BCUT2D eigenvalue weighted by atomic mass is 9.88. The summed E-state index contributed by atoms with van der Waals surface area (Å²) in [6.45, 7) is 2.79. The third-order valence-electron chi connectivity index (χ3n) is 5.26. The Morgan fingerprint density at radius 3 is 2.53 bits per heavy atom.